The van der Waals surface area contributed by atoms with Crippen LogP contribution in [0.15, 0.2) is 0 Å². The van der Waals surface area contributed by atoms with E-state index in [-0.39, 0.29) is 0 Å². The van der Waals surface area contributed by atoms with Gasteiger partial charge in [0.1, 0.15) is 0 Å². The summed E-state index contributed by atoms with van der Waals surface area (Å²) in [6, 6.07) is 0. The van der Waals surface area contributed by atoms with Crippen molar-refractivity contribution >= 4 is 9.24 Å². The summed E-state index contributed by atoms with van der Waals surface area (Å²) >= 11 is 0. The largest absolute Gasteiger partial charge is 0.141 e. The zero-order valence-corrected chi connectivity index (χ0v) is 12.7. The zero-order chi connectivity index (χ0) is 12.0. The average Bonchev–Trinajstić information content (AvgIpc) is 2.08. The maximum atomic E-state index is 2.42. The third kappa shape index (κ3) is 39.3. The van der Waals surface area contributed by atoms with Crippen LogP contribution in [-0.2, 0) is 0 Å². The number of hydrogen-bond acceptors (Lipinski definition) is 0. The Balaban J connectivity index is -0.000000152. The van der Waals surface area contributed by atoms with Gasteiger partial charge in [0.15, 0.2) is 0 Å². The molecule has 0 radical (unpaired) electrons. The molecule has 0 amide bonds. The Kier molecular flexibility index (Phi) is 27.1. The smallest absolute Gasteiger partial charge is 0.0469 e. The van der Waals surface area contributed by atoms with Crippen molar-refractivity contribution in [2.45, 2.75) is 67.2 Å². The van der Waals surface area contributed by atoms with E-state index in [2.05, 4.69) is 50.8 Å². The van der Waals surface area contributed by atoms with Crippen molar-refractivity contribution in [1.29, 1.82) is 0 Å². The van der Waals surface area contributed by atoms with Crippen molar-refractivity contribution in [2.24, 2.45) is 11.8 Å². The quantitative estimate of drug-likeness (QED) is 0.558. The van der Waals surface area contributed by atoms with Crippen LogP contribution in [0.3, 0.4) is 0 Å². The first-order valence-electron chi connectivity index (χ1n) is 6.12. The van der Waals surface area contributed by atoms with Crippen LogP contribution < -0.4 is 0 Å². The van der Waals surface area contributed by atoms with Crippen molar-refractivity contribution < 1.29 is 0 Å². The van der Waals surface area contributed by atoms with E-state index < -0.39 is 0 Å². The maximum Gasteiger partial charge on any atom is -0.0469 e. The van der Waals surface area contributed by atoms with Crippen molar-refractivity contribution in [3.8, 4) is 0 Å². The van der Waals surface area contributed by atoms with Crippen LogP contribution in [-0.4, -0.2) is 6.66 Å². The topological polar surface area (TPSA) is 0 Å². The van der Waals surface area contributed by atoms with E-state index in [9.17, 15) is 0 Å². The molecule has 0 saturated heterocycles. The monoisotopic (exact) mass is 220 g/mol. The van der Waals surface area contributed by atoms with Crippen LogP contribution in [0.4, 0.5) is 0 Å². The lowest BCUT2D eigenvalue weighted by Gasteiger charge is -2.05. The molecule has 1 unspecified atom stereocenters. The SMILES string of the molecule is CC(C)CC(C)C.CCCCC.CP. The highest BCUT2D eigenvalue weighted by Crippen LogP contribution is 2.08. The van der Waals surface area contributed by atoms with Gasteiger partial charge in [-0.15, -0.1) is 9.24 Å². The molecule has 0 heterocycles. The predicted octanol–water partition coefficient (Wildman–Crippen LogP) is 5.38. The van der Waals surface area contributed by atoms with E-state index in [1.165, 1.54) is 25.7 Å². The van der Waals surface area contributed by atoms with Crippen molar-refractivity contribution in [2.75, 3.05) is 6.66 Å². The van der Waals surface area contributed by atoms with Crippen LogP contribution in [0.2, 0.25) is 0 Å². The third-order valence-corrected chi connectivity index (χ3v) is 1.65. The molecular formula is C13H33P. The Morgan fingerprint density at radius 1 is 0.786 bits per heavy atom. The van der Waals surface area contributed by atoms with Gasteiger partial charge in [-0.05, 0) is 18.3 Å². The Hall–Kier alpha value is 0.430. The fourth-order valence-electron chi connectivity index (χ4n) is 1.30. The molecule has 0 aromatic carbocycles. The van der Waals surface area contributed by atoms with Crippen LogP contribution in [0, 0.1) is 11.8 Å². The van der Waals surface area contributed by atoms with Gasteiger partial charge < -0.3 is 0 Å². The molecule has 0 aliphatic heterocycles. The summed E-state index contributed by atoms with van der Waals surface area (Å²) in [6.07, 6.45) is 5.44. The second-order valence-electron chi connectivity index (χ2n) is 4.38. The minimum absolute atomic E-state index is 0.875. The molecule has 0 N–H and O–H groups in total. The van der Waals surface area contributed by atoms with Crippen molar-refractivity contribution in [1.82, 2.24) is 0 Å². The molecule has 14 heavy (non-hydrogen) atoms. The summed E-state index contributed by atoms with van der Waals surface area (Å²) in [5.74, 6) is 1.75. The number of rotatable bonds is 4. The molecule has 0 spiro atoms. The second-order valence-corrected chi connectivity index (χ2v) is 4.38. The molecule has 1 atom stereocenters. The van der Waals surface area contributed by atoms with E-state index in [0.29, 0.717) is 0 Å². The first-order valence-corrected chi connectivity index (χ1v) is 7.27. The molecule has 0 fully saturated rings. The molecular weight excluding hydrogens is 187 g/mol. The van der Waals surface area contributed by atoms with Gasteiger partial charge in [-0.2, -0.15) is 0 Å². The van der Waals surface area contributed by atoms with Gasteiger partial charge >= 0.3 is 0 Å². The van der Waals surface area contributed by atoms with Gasteiger partial charge in [-0.25, -0.2) is 0 Å². The van der Waals surface area contributed by atoms with Crippen molar-refractivity contribution in [3.63, 3.8) is 0 Å². The average molecular weight is 220 g/mol. The lowest BCUT2D eigenvalue weighted by atomic mass is 10.0. The van der Waals surface area contributed by atoms with Crippen molar-refractivity contribution in [3.05, 3.63) is 0 Å². The minimum Gasteiger partial charge on any atom is -0.141 e. The summed E-state index contributed by atoms with van der Waals surface area (Å²) in [5, 5.41) is 0. The number of hydrogen-bond donors (Lipinski definition) is 0. The van der Waals surface area contributed by atoms with Crippen LogP contribution in [0.1, 0.15) is 67.2 Å². The van der Waals surface area contributed by atoms with Gasteiger partial charge in [0.05, 0.1) is 0 Å². The highest BCUT2D eigenvalue weighted by atomic mass is 31.0. The molecule has 0 aromatic rings. The van der Waals surface area contributed by atoms with Gasteiger partial charge in [0, 0.05) is 0 Å². The van der Waals surface area contributed by atoms with Gasteiger partial charge in [-0.1, -0.05) is 67.5 Å². The Bertz CT molecular complexity index is 59.6. The lowest BCUT2D eigenvalue weighted by Crippen LogP contribution is -1.93. The predicted molar refractivity (Wildman–Crippen MR) is 75.1 cm³/mol. The normalized spacial score (nSPS) is 9.00. The van der Waals surface area contributed by atoms with E-state index in [0.717, 1.165) is 11.8 Å². The van der Waals surface area contributed by atoms with Gasteiger partial charge in [0.2, 0.25) is 0 Å². The lowest BCUT2D eigenvalue weighted by molar-refractivity contribution is 0.469. The van der Waals surface area contributed by atoms with Gasteiger partial charge in [0.25, 0.3) is 0 Å². The molecule has 0 aromatic heterocycles. The summed E-state index contributed by atoms with van der Waals surface area (Å²) < 4.78 is 0. The Morgan fingerprint density at radius 2 is 1.07 bits per heavy atom. The van der Waals surface area contributed by atoms with Gasteiger partial charge in [-0.3, -0.25) is 0 Å². The first kappa shape index (κ1) is 19.9. The van der Waals surface area contributed by atoms with Crippen LogP contribution in [0.25, 0.3) is 0 Å². The molecule has 0 nitrogen and oxygen atoms in total. The molecule has 0 bridgehead atoms. The second kappa shape index (κ2) is 19.1. The summed E-state index contributed by atoms with van der Waals surface area (Å²) in [5.41, 5.74) is 0. The highest BCUT2D eigenvalue weighted by Gasteiger charge is 1.95. The standard InChI is InChI=1S/C7H16.C5H12.CH5P/c1-6(2)5-7(3)4;1-3-5-4-2;1-2/h6-7H,5H2,1-4H3;3-5H2,1-2H3;2H2,1H3. The first-order chi connectivity index (χ1) is 6.54. The van der Waals surface area contributed by atoms with Crippen LogP contribution >= 0.6 is 9.24 Å². The molecule has 0 aliphatic carbocycles. The summed E-state index contributed by atoms with van der Waals surface area (Å²) in [6.45, 7) is 15.4. The summed E-state index contributed by atoms with van der Waals surface area (Å²) in [7, 11) is 2.42. The zero-order valence-electron chi connectivity index (χ0n) is 11.6. The fraction of sp³-hybridized carbons (Fsp3) is 1.00. The van der Waals surface area contributed by atoms with E-state index >= 15 is 0 Å². The Morgan fingerprint density at radius 3 is 1.07 bits per heavy atom. The molecule has 90 valence electrons. The third-order valence-electron chi connectivity index (χ3n) is 1.65. The van der Waals surface area contributed by atoms with E-state index in [1.54, 1.807) is 0 Å². The van der Waals surface area contributed by atoms with E-state index in [4.69, 9.17) is 0 Å². The highest BCUT2D eigenvalue weighted by molar-refractivity contribution is 7.15. The molecule has 0 aliphatic rings. The molecule has 1 heteroatoms. The molecule has 0 rings (SSSR count). The molecule has 0 saturated carbocycles. The Labute approximate surface area is 95.5 Å². The fourth-order valence-corrected chi connectivity index (χ4v) is 1.30. The van der Waals surface area contributed by atoms with E-state index in [1.807, 2.05) is 6.66 Å². The minimum atomic E-state index is 0.875. The van der Waals surface area contributed by atoms with Crippen LogP contribution in [0.5, 0.6) is 0 Å². The number of unbranched alkanes of at least 4 members (excludes halogenated alkanes) is 2. The summed E-state index contributed by atoms with van der Waals surface area (Å²) in [4.78, 5) is 0. The maximum absolute atomic E-state index is 2.42.